The van der Waals surface area contributed by atoms with Crippen LogP contribution in [-0.2, 0) is 29.6 Å². The summed E-state index contributed by atoms with van der Waals surface area (Å²) < 4.78 is 124. The summed E-state index contributed by atoms with van der Waals surface area (Å²) in [4.78, 5) is 8.51. The first kappa shape index (κ1) is 40.0. The molecular formula is C38H31F9N10. The molecule has 2 atom stereocenters. The Morgan fingerprint density at radius 3 is 1.72 bits per heavy atom. The Hall–Kier alpha value is -6.63. The van der Waals surface area contributed by atoms with Gasteiger partial charge in [0, 0.05) is 12.4 Å². The summed E-state index contributed by atoms with van der Waals surface area (Å²) in [5, 5.41) is 25.1. The number of benzene rings is 3. The average Bonchev–Trinajstić information content (AvgIpc) is 3.77. The molecule has 0 fully saturated rings. The van der Waals surface area contributed by atoms with Crippen LogP contribution in [0.3, 0.4) is 0 Å². The second-order valence-electron chi connectivity index (χ2n) is 13.2. The van der Waals surface area contributed by atoms with Crippen LogP contribution in [0.15, 0.2) is 95.8 Å². The average molecular weight is 799 g/mol. The minimum Gasteiger partial charge on any atom is -0.384 e. The second-order valence-corrected chi connectivity index (χ2v) is 13.2. The Morgan fingerprint density at radius 2 is 1.19 bits per heavy atom. The van der Waals surface area contributed by atoms with E-state index < -0.39 is 46.3 Å². The molecule has 4 heterocycles. The van der Waals surface area contributed by atoms with Gasteiger partial charge in [-0.15, -0.1) is 0 Å². The first-order valence-corrected chi connectivity index (χ1v) is 17.0. The normalized spacial score (nSPS) is 19.4. The highest BCUT2D eigenvalue weighted by molar-refractivity contribution is 5.81. The highest BCUT2D eigenvalue weighted by atomic mass is 19.4. The number of aryl methyl sites for hydroxylation is 1. The fourth-order valence-electron chi connectivity index (χ4n) is 7.58. The summed E-state index contributed by atoms with van der Waals surface area (Å²) >= 11 is 0. The van der Waals surface area contributed by atoms with Crippen molar-refractivity contribution < 1.29 is 39.5 Å². The number of allylic oxidation sites excluding steroid dienone is 2. The molecular weight excluding hydrogens is 767 g/mol. The van der Waals surface area contributed by atoms with Crippen molar-refractivity contribution in [1.82, 2.24) is 19.1 Å². The van der Waals surface area contributed by atoms with Crippen LogP contribution in [-0.4, -0.2) is 19.1 Å². The number of nitriles is 2. The van der Waals surface area contributed by atoms with Crippen molar-refractivity contribution in [3.63, 3.8) is 0 Å². The number of anilines is 2. The highest BCUT2D eigenvalue weighted by Crippen LogP contribution is 2.49. The number of aromatic nitrogens is 4. The second kappa shape index (κ2) is 13.8. The maximum atomic E-state index is 13.6. The van der Waals surface area contributed by atoms with Crippen LogP contribution >= 0.6 is 0 Å². The molecule has 0 spiro atoms. The van der Waals surface area contributed by atoms with Gasteiger partial charge in [0.2, 0.25) is 11.9 Å². The predicted octanol–water partition coefficient (Wildman–Crippen LogP) is 8.83. The van der Waals surface area contributed by atoms with E-state index in [-0.39, 0.29) is 46.8 Å². The van der Waals surface area contributed by atoms with Gasteiger partial charge in [-0.2, -0.15) is 50.0 Å². The largest absolute Gasteiger partial charge is 0.416 e. The zero-order valence-electron chi connectivity index (χ0n) is 30.1. The number of halogens is 9. The van der Waals surface area contributed by atoms with E-state index in [1.54, 1.807) is 61.9 Å². The number of alkyl halides is 9. The van der Waals surface area contributed by atoms with E-state index in [1.807, 2.05) is 6.07 Å². The van der Waals surface area contributed by atoms with Crippen molar-refractivity contribution >= 4 is 22.9 Å². The van der Waals surface area contributed by atoms with Crippen LogP contribution in [0, 0.1) is 29.6 Å². The maximum Gasteiger partial charge on any atom is 0.416 e. The lowest BCUT2D eigenvalue weighted by Crippen LogP contribution is -2.43. The number of para-hydroxylation sites is 2. The van der Waals surface area contributed by atoms with Crippen LogP contribution in [0.5, 0.6) is 0 Å². The number of fused-ring (bicyclic) bond motifs is 4. The van der Waals surface area contributed by atoms with Crippen molar-refractivity contribution in [3.05, 3.63) is 129 Å². The van der Waals surface area contributed by atoms with E-state index >= 15 is 0 Å². The van der Waals surface area contributed by atoms with E-state index in [0.717, 1.165) is 12.1 Å². The van der Waals surface area contributed by atoms with E-state index in [2.05, 4.69) is 26.7 Å². The van der Waals surface area contributed by atoms with Gasteiger partial charge >= 0.3 is 18.5 Å². The van der Waals surface area contributed by atoms with Crippen LogP contribution < -0.4 is 22.1 Å². The Kier molecular flexibility index (Phi) is 9.72. The maximum absolute atomic E-state index is 13.6. The van der Waals surface area contributed by atoms with Gasteiger partial charge in [-0.3, -0.25) is 4.57 Å². The van der Waals surface area contributed by atoms with Crippen molar-refractivity contribution in [2.45, 2.75) is 63.2 Å². The lowest BCUT2D eigenvalue weighted by Gasteiger charge is -2.40. The molecule has 3 aromatic carbocycles. The molecule has 0 radical (unpaired) electrons. The smallest absolute Gasteiger partial charge is 0.384 e. The number of nitrogens with one attached hydrogen (secondary N) is 2. The Bertz CT molecular complexity index is 2510. The fourth-order valence-corrected chi connectivity index (χ4v) is 7.58. The van der Waals surface area contributed by atoms with Gasteiger partial charge in [0.15, 0.2) is 0 Å². The SMILES string of the molecule is CCC1(c2cc(C(F)(F)F)cc(C(F)(F)F)c2)C(C#N)=C(N)Nc2nc3ccccc3n21.CCC1(c2cc(C)cc(C(F)(F)F)c2)C(C#N)=C(N)Nc2nccn21. The third kappa shape index (κ3) is 6.52. The first-order chi connectivity index (χ1) is 26.7. The molecule has 0 aliphatic carbocycles. The Labute approximate surface area is 318 Å². The summed E-state index contributed by atoms with van der Waals surface area (Å²) in [5.41, 5.74) is 6.63. The number of nitrogens with two attached hydrogens (primary N) is 2. The third-order valence-electron chi connectivity index (χ3n) is 10.0. The molecule has 296 valence electrons. The van der Waals surface area contributed by atoms with Crippen LogP contribution in [0.1, 0.15) is 60.1 Å². The summed E-state index contributed by atoms with van der Waals surface area (Å²) in [6, 6.07) is 15.7. The summed E-state index contributed by atoms with van der Waals surface area (Å²) in [7, 11) is 0. The van der Waals surface area contributed by atoms with Crippen LogP contribution in [0.25, 0.3) is 11.0 Å². The highest BCUT2D eigenvalue weighted by Gasteiger charge is 2.48. The van der Waals surface area contributed by atoms with Gasteiger partial charge in [0.1, 0.15) is 46.0 Å². The summed E-state index contributed by atoms with van der Waals surface area (Å²) in [6.07, 6.45) is -11.2. The fraction of sp³-hybridized carbons (Fsp3) is 0.263. The number of imidazole rings is 2. The lowest BCUT2D eigenvalue weighted by molar-refractivity contribution is -0.143. The minimum absolute atomic E-state index is 0.0555. The van der Waals surface area contributed by atoms with Crippen molar-refractivity contribution in [2.75, 3.05) is 10.6 Å². The standard InChI is InChI=1S/C21H15F6N5.C17H16F3N5/c1-2-19(11-7-12(20(22,23)24)9-13(8-11)21(25,26)27)14(10-28)17(29)31-18-30-15-5-3-4-6-16(15)32(18)19;1-3-16(11-6-10(2)7-12(8-11)17(18,19)20)13(9-21)14(22)24-15-23-4-5-25(15)16/h3-9H,2,29H2,1H3,(H,30,31);4-8H,3,22H2,1-2H3,(H,23,24). The molecule has 2 aromatic heterocycles. The zero-order chi connectivity index (χ0) is 41.9. The molecule has 0 saturated carbocycles. The van der Waals surface area contributed by atoms with Gasteiger partial charge in [0.05, 0.1) is 27.7 Å². The molecule has 0 saturated heterocycles. The molecule has 6 N–H and O–H groups in total. The minimum atomic E-state index is -5.04. The van der Waals surface area contributed by atoms with Gasteiger partial charge in [0.25, 0.3) is 0 Å². The van der Waals surface area contributed by atoms with Gasteiger partial charge in [-0.25, -0.2) is 9.97 Å². The van der Waals surface area contributed by atoms with E-state index in [0.29, 0.717) is 46.7 Å². The lowest BCUT2D eigenvalue weighted by atomic mass is 9.77. The molecule has 7 rings (SSSR count). The molecule has 2 aliphatic heterocycles. The van der Waals surface area contributed by atoms with Crippen molar-refractivity contribution in [3.8, 4) is 12.1 Å². The number of hydrogen-bond donors (Lipinski definition) is 4. The van der Waals surface area contributed by atoms with Gasteiger partial charge < -0.3 is 26.7 Å². The molecule has 5 aromatic rings. The molecule has 57 heavy (non-hydrogen) atoms. The number of nitrogens with zero attached hydrogens (tertiary/aromatic N) is 6. The van der Waals surface area contributed by atoms with Gasteiger partial charge in [-0.1, -0.05) is 37.6 Å². The molecule has 2 unspecified atom stereocenters. The molecule has 0 bridgehead atoms. The quantitative estimate of drug-likeness (QED) is 0.131. The Morgan fingerprint density at radius 1 is 0.702 bits per heavy atom. The summed E-state index contributed by atoms with van der Waals surface area (Å²) in [6.45, 7) is 4.95. The van der Waals surface area contributed by atoms with Crippen LogP contribution in [0.2, 0.25) is 0 Å². The Balaban J connectivity index is 0.000000199. The van der Waals surface area contributed by atoms with E-state index in [1.165, 1.54) is 10.8 Å². The third-order valence-corrected chi connectivity index (χ3v) is 10.0. The van der Waals surface area contributed by atoms with Crippen molar-refractivity contribution in [1.29, 1.82) is 10.5 Å². The number of rotatable bonds is 4. The van der Waals surface area contributed by atoms with Crippen molar-refractivity contribution in [2.24, 2.45) is 11.5 Å². The monoisotopic (exact) mass is 798 g/mol. The molecule has 10 nitrogen and oxygen atoms in total. The van der Waals surface area contributed by atoms with Crippen LogP contribution in [0.4, 0.5) is 51.4 Å². The van der Waals surface area contributed by atoms with E-state index in [4.69, 9.17) is 11.5 Å². The topological polar surface area (TPSA) is 159 Å². The zero-order valence-corrected chi connectivity index (χ0v) is 30.1. The van der Waals surface area contributed by atoms with E-state index in [9.17, 15) is 50.0 Å². The first-order valence-electron chi connectivity index (χ1n) is 17.0. The van der Waals surface area contributed by atoms with Gasteiger partial charge in [-0.05, 0) is 73.4 Å². The predicted molar refractivity (Wildman–Crippen MR) is 190 cm³/mol. The molecule has 19 heteroatoms. The summed E-state index contributed by atoms with van der Waals surface area (Å²) in [5.74, 6) is 0.394. The number of hydrogen-bond acceptors (Lipinski definition) is 8. The molecule has 0 amide bonds. The molecule has 2 aliphatic rings.